The van der Waals surface area contributed by atoms with Crippen LogP contribution in [0.1, 0.15) is 23.4 Å². The van der Waals surface area contributed by atoms with E-state index < -0.39 is 6.10 Å². The van der Waals surface area contributed by atoms with E-state index in [0.29, 0.717) is 18.4 Å². The fourth-order valence-corrected chi connectivity index (χ4v) is 3.33. The van der Waals surface area contributed by atoms with Crippen molar-refractivity contribution in [2.75, 3.05) is 0 Å². The molecule has 24 heavy (non-hydrogen) atoms. The van der Waals surface area contributed by atoms with Gasteiger partial charge in [-0.15, -0.1) is 0 Å². The van der Waals surface area contributed by atoms with Crippen LogP contribution in [-0.4, -0.2) is 37.9 Å². The second-order valence-electron chi connectivity index (χ2n) is 6.24. The third kappa shape index (κ3) is 2.90. The Kier molecular flexibility index (Phi) is 3.78. The quantitative estimate of drug-likeness (QED) is 0.759. The number of aromatic nitrogens is 3. The van der Waals surface area contributed by atoms with E-state index in [4.69, 9.17) is 4.42 Å². The SMILES string of the molecule is O=C(N[C@@H]1CC(Cn2cccn2)C[C@H]1O)c1cc2cnccc2o1. The molecule has 1 fully saturated rings. The molecule has 3 aromatic rings. The third-order valence-electron chi connectivity index (χ3n) is 4.49. The lowest BCUT2D eigenvalue weighted by molar-refractivity contribution is 0.0848. The molecule has 0 radical (unpaired) electrons. The van der Waals surface area contributed by atoms with Crippen LogP contribution < -0.4 is 5.32 Å². The first kappa shape index (κ1) is 14.9. The molecule has 1 aliphatic carbocycles. The highest BCUT2D eigenvalue weighted by Crippen LogP contribution is 2.28. The molecule has 3 aromatic heterocycles. The average molecular weight is 326 g/mol. The lowest BCUT2D eigenvalue weighted by Gasteiger charge is -2.15. The molecule has 0 spiro atoms. The maximum atomic E-state index is 12.4. The van der Waals surface area contributed by atoms with Gasteiger partial charge in [-0.05, 0) is 37.0 Å². The third-order valence-corrected chi connectivity index (χ3v) is 4.49. The Morgan fingerprint density at radius 2 is 2.33 bits per heavy atom. The first-order valence-corrected chi connectivity index (χ1v) is 7.99. The van der Waals surface area contributed by atoms with Crippen molar-refractivity contribution in [2.24, 2.45) is 5.92 Å². The van der Waals surface area contributed by atoms with Crippen LogP contribution in [0, 0.1) is 5.92 Å². The molecule has 1 saturated carbocycles. The number of rotatable bonds is 4. The summed E-state index contributed by atoms with van der Waals surface area (Å²) in [4.78, 5) is 16.4. The molecule has 0 aromatic carbocycles. The highest BCUT2D eigenvalue weighted by atomic mass is 16.3. The van der Waals surface area contributed by atoms with Gasteiger partial charge in [0.2, 0.25) is 0 Å². The summed E-state index contributed by atoms with van der Waals surface area (Å²) >= 11 is 0. The number of nitrogens with zero attached hydrogens (tertiary/aromatic N) is 3. The minimum Gasteiger partial charge on any atom is -0.451 e. The highest BCUT2D eigenvalue weighted by molar-refractivity contribution is 5.96. The van der Waals surface area contributed by atoms with Gasteiger partial charge >= 0.3 is 0 Å². The zero-order valence-electron chi connectivity index (χ0n) is 13.0. The van der Waals surface area contributed by atoms with Crippen LogP contribution in [0.15, 0.2) is 47.4 Å². The zero-order chi connectivity index (χ0) is 16.5. The van der Waals surface area contributed by atoms with Crippen molar-refractivity contribution < 1.29 is 14.3 Å². The number of aliphatic hydroxyl groups excluding tert-OH is 1. The maximum Gasteiger partial charge on any atom is 0.287 e. The van der Waals surface area contributed by atoms with E-state index in [1.165, 1.54) is 0 Å². The van der Waals surface area contributed by atoms with Gasteiger partial charge in [-0.2, -0.15) is 5.10 Å². The van der Waals surface area contributed by atoms with Gasteiger partial charge < -0.3 is 14.8 Å². The Bertz CT molecular complexity index is 810. The van der Waals surface area contributed by atoms with E-state index >= 15 is 0 Å². The molecule has 7 heteroatoms. The molecule has 7 nitrogen and oxygen atoms in total. The monoisotopic (exact) mass is 326 g/mol. The van der Waals surface area contributed by atoms with E-state index in [0.717, 1.165) is 11.9 Å². The number of furan rings is 1. The number of fused-ring (bicyclic) bond motifs is 1. The van der Waals surface area contributed by atoms with E-state index in [-0.39, 0.29) is 23.6 Å². The first-order valence-electron chi connectivity index (χ1n) is 7.99. The van der Waals surface area contributed by atoms with Crippen LogP contribution in [0.4, 0.5) is 0 Å². The zero-order valence-corrected chi connectivity index (χ0v) is 13.0. The second kappa shape index (κ2) is 6.09. The average Bonchev–Trinajstić information content (AvgIpc) is 3.28. The normalized spacial score (nSPS) is 23.6. The van der Waals surface area contributed by atoms with Crippen LogP contribution in [-0.2, 0) is 6.54 Å². The number of hydrogen-bond acceptors (Lipinski definition) is 5. The van der Waals surface area contributed by atoms with Crippen molar-refractivity contribution >= 4 is 16.9 Å². The van der Waals surface area contributed by atoms with Crippen LogP contribution >= 0.6 is 0 Å². The summed E-state index contributed by atoms with van der Waals surface area (Å²) in [5.74, 6) is 0.209. The van der Waals surface area contributed by atoms with Crippen LogP contribution in [0.5, 0.6) is 0 Å². The van der Waals surface area contributed by atoms with Gasteiger partial charge in [0.25, 0.3) is 5.91 Å². The molecule has 1 aliphatic rings. The van der Waals surface area contributed by atoms with Crippen molar-refractivity contribution in [3.63, 3.8) is 0 Å². The lowest BCUT2D eigenvalue weighted by atomic mass is 10.1. The maximum absolute atomic E-state index is 12.4. The smallest absolute Gasteiger partial charge is 0.287 e. The minimum absolute atomic E-state index is 0.237. The summed E-state index contributed by atoms with van der Waals surface area (Å²) in [6, 6.07) is 4.99. The Morgan fingerprint density at radius 3 is 3.12 bits per heavy atom. The van der Waals surface area contributed by atoms with Crippen molar-refractivity contribution in [2.45, 2.75) is 31.5 Å². The number of nitrogens with one attached hydrogen (secondary N) is 1. The highest BCUT2D eigenvalue weighted by Gasteiger charge is 2.34. The van der Waals surface area contributed by atoms with E-state index in [1.54, 1.807) is 30.7 Å². The van der Waals surface area contributed by atoms with Gasteiger partial charge in [0.1, 0.15) is 5.58 Å². The van der Waals surface area contributed by atoms with Crippen LogP contribution in [0.3, 0.4) is 0 Å². The number of amides is 1. The Morgan fingerprint density at radius 1 is 1.42 bits per heavy atom. The van der Waals surface area contributed by atoms with Gasteiger partial charge in [0, 0.05) is 36.7 Å². The van der Waals surface area contributed by atoms with E-state index in [2.05, 4.69) is 15.4 Å². The summed E-state index contributed by atoms with van der Waals surface area (Å²) in [5, 5.41) is 18.1. The van der Waals surface area contributed by atoms with Crippen molar-refractivity contribution in [3.05, 3.63) is 48.7 Å². The van der Waals surface area contributed by atoms with Crippen LogP contribution in [0.2, 0.25) is 0 Å². The molecule has 3 atom stereocenters. The molecule has 0 aliphatic heterocycles. The number of carbonyl (C=O) groups excluding carboxylic acids is 1. The summed E-state index contributed by atoms with van der Waals surface area (Å²) in [6.45, 7) is 0.743. The summed E-state index contributed by atoms with van der Waals surface area (Å²) < 4.78 is 7.39. The largest absolute Gasteiger partial charge is 0.451 e. The predicted octanol–water partition coefficient (Wildman–Crippen LogP) is 1.59. The van der Waals surface area contributed by atoms with Gasteiger partial charge in [-0.25, -0.2) is 0 Å². The molecule has 4 rings (SSSR count). The predicted molar refractivity (Wildman–Crippen MR) is 86.2 cm³/mol. The van der Waals surface area contributed by atoms with E-state index in [9.17, 15) is 9.90 Å². The number of aliphatic hydroxyl groups is 1. The van der Waals surface area contributed by atoms with Crippen molar-refractivity contribution in [1.29, 1.82) is 0 Å². The van der Waals surface area contributed by atoms with Crippen molar-refractivity contribution in [3.8, 4) is 0 Å². The molecule has 124 valence electrons. The second-order valence-corrected chi connectivity index (χ2v) is 6.24. The summed E-state index contributed by atoms with van der Waals surface area (Å²) in [6.07, 6.45) is 7.72. The molecule has 0 bridgehead atoms. The molecule has 1 amide bonds. The fourth-order valence-electron chi connectivity index (χ4n) is 3.33. The number of hydrogen-bond donors (Lipinski definition) is 2. The molecular weight excluding hydrogens is 308 g/mol. The molecule has 2 N–H and O–H groups in total. The van der Waals surface area contributed by atoms with Gasteiger partial charge in [-0.3, -0.25) is 14.5 Å². The molecule has 1 unspecified atom stereocenters. The molecule has 3 heterocycles. The Hall–Kier alpha value is -2.67. The summed E-state index contributed by atoms with van der Waals surface area (Å²) in [5.41, 5.74) is 0.624. The standard InChI is InChI=1S/C17H18N4O3/c22-14-7-11(10-21-5-1-3-19-21)6-13(14)20-17(23)16-8-12-9-18-4-2-15(12)24-16/h1-5,8-9,11,13-14,22H,6-7,10H2,(H,20,23)/t11?,13-,14-/m1/s1. The van der Waals surface area contributed by atoms with Gasteiger partial charge in [0.05, 0.1) is 12.1 Å². The topological polar surface area (TPSA) is 93.2 Å². The van der Waals surface area contributed by atoms with E-state index in [1.807, 2.05) is 16.9 Å². The number of carbonyl (C=O) groups is 1. The lowest BCUT2D eigenvalue weighted by Crippen LogP contribution is -2.39. The van der Waals surface area contributed by atoms with Crippen LogP contribution in [0.25, 0.3) is 11.0 Å². The number of pyridine rings is 1. The molecular formula is C17H18N4O3. The summed E-state index contributed by atoms with van der Waals surface area (Å²) in [7, 11) is 0. The fraction of sp³-hybridized carbons (Fsp3) is 0.353. The van der Waals surface area contributed by atoms with Crippen molar-refractivity contribution in [1.82, 2.24) is 20.1 Å². The molecule has 0 saturated heterocycles. The Balaban J connectivity index is 1.41. The first-order chi connectivity index (χ1) is 11.7. The van der Waals surface area contributed by atoms with Gasteiger partial charge in [0.15, 0.2) is 5.76 Å². The minimum atomic E-state index is -0.555. The van der Waals surface area contributed by atoms with Gasteiger partial charge in [-0.1, -0.05) is 0 Å². The Labute approximate surface area is 138 Å².